The van der Waals surface area contributed by atoms with E-state index in [2.05, 4.69) is 16.0 Å². The number of benzene rings is 2. The lowest BCUT2D eigenvalue weighted by Gasteiger charge is -2.13. The molecule has 3 N–H and O–H groups in total. The summed E-state index contributed by atoms with van der Waals surface area (Å²) >= 11 is 5.24. The van der Waals surface area contributed by atoms with Crippen LogP contribution < -0.4 is 20.7 Å². The largest absolute Gasteiger partial charge is 0.491 e. The highest BCUT2D eigenvalue weighted by atomic mass is 32.1. The molecule has 31 heavy (non-hydrogen) atoms. The third kappa shape index (κ3) is 8.35. The quantitative estimate of drug-likeness (QED) is 0.383. The molecule has 0 aromatic heterocycles. The Balaban J connectivity index is 1.88. The van der Waals surface area contributed by atoms with Crippen molar-refractivity contribution in [1.29, 1.82) is 0 Å². The van der Waals surface area contributed by atoms with Crippen molar-refractivity contribution in [2.24, 2.45) is 0 Å². The van der Waals surface area contributed by atoms with Crippen LogP contribution in [0.25, 0.3) is 0 Å². The molecule has 0 aliphatic rings. The Labute approximate surface area is 188 Å². The van der Waals surface area contributed by atoms with Gasteiger partial charge >= 0.3 is 0 Å². The van der Waals surface area contributed by atoms with Gasteiger partial charge in [-0.3, -0.25) is 14.9 Å². The zero-order valence-corrected chi connectivity index (χ0v) is 18.9. The summed E-state index contributed by atoms with van der Waals surface area (Å²) in [5, 5.41) is 8.63. The van der Waals surface area contributed by atoms with Crippen LogP contribution >= 0.6 is 12.2 Å². The van der Waals surface area contributed by atoms with Gasteiger partial charge < -0.3 is 20.1 Å². The number of thiocarbonyl (C=S) groups is 1. The van der Waals surface area contributed by atoms with Gasteiger partial charge in [0.2, 0.25) is 0 Å². The van der Waals surface area contributed by atoms with Crippen LogP contribution in [0.4, 0.5) is 5.69 Å². The number of amides is 2. The zero-order valence-electron chi connectivity index (χ0n) is 18.1. The van der Waals surface area contributed by atoms with Gasteiger partial charge in [-0.1, -0.05) is 13.0 Å². The molecule has 2 rings (SSSR count). The number of nitrogens with one attached hydrogen (secondary N) is 3. The van der Waals surface area contributed by atoms with E-state index in [0.717, 1.165) is 6.42 Å². The molecule has 0 fully saturated rings. The summed E-state index contributed by atoms with van der Waals surface area (Å²) in [5.41, 5.74) is 1.57. The Bertz CT molecular complexity index is 887. The van der Waals surface area contributed by atoms with Crippen molar-refractivity contribution in [3.8, 4) is 5.75 Å². The van der Waals surface area contributed by atoms with Gasteiger partial charge in [0.05, 0.1) is 6.61 Å². The van der Waals surface area contributed by atoms with Gasteiger partial charge in [-0.25, -0.2) is 0 Å². The van der Waals surface area contributed by atoms with Crippen molar-refractivity contribution in [3.63, 3.8) is 0 Å². The molecule has 0 heterocycles. The summed E-state index contributed by atoms with van der Waals surface area (Å²) in [7, 11) is 0. The van der Waals surface area contributed by atoms with Crippen LogP contribution in [0.2, 0.25) is 0 Å². The molecule has 0 spiro atoms. The third-order valence-corrected chi connectivity index (χ3v) is 4.62. The van der Waals surface area contributed by atoms with Crippen molar-refractivity contribution >= 4 is 34.8 Å². The first-order valence-corrected chi connectivity index (χ1v) is 10.7. The molecule has 1 atom stereocenters. The van der Waals surface area contributed by atoms with Crippen LogP contribution in [0.3, 0.4) is 0 Å². The van der Waals surface area contributed by atoms with Crippen molar-refractivity contribution in [1.82, 2.24) is 10.6 Å². The topological polar surface area (TPSA) is 88.7 Å². The fourth-order valence-electron chi connectivity index (χ4n) is 2.55. The van der Waals surface area contributed by atoms with Gasteiger partial charge in [0.25, 0.3) is 11.8 Å². The van der Waals surface area contributed by atoms with E-state index in [1.54, 1.807) is 48.5 Å². The van der Waals surface area contributed by atoms with E-state index in [9.17, 15) is 9.59 Å². The minimum atomic E-state index is -0.343. The van der Waals surface area contributed by atoms with Gasteiger partial charge in [-0.05, 0) is 75.0 Å². The second kappa shape index (κ2) is 12.7. The van der Waals surface area contributed by atoms with E-state index >= 15 is 0 Å². The molecule has 0 aliphatic heterocycles. The summed E-state index contributed by atoms with van der Waals surface area (Å²) in [6.07, 6.45) is 0.847. The van der Waals surface area contributed by atoms with Gasteiger partial charge in [0.1, 0.15) is 12.4 Å². The smallest absolute Gasteiger partial charge is 0.257 e. The molecule has 166 valence electrons. The van der Waals surface area contributed by atoms with E-state index in [0.29, 0.717) is 42.4 Å². The summed E-state index contributed by atoms with van der Waals surface area (Å²) in [6.45, 7) is 7.48. The second-order valence-electron chi connectivity index (χ2n) is 6.84. The van der Waals surface area contributed by atoms with Gasteiger partial charge in [-0.15, -0.1) is 0 Å². The molecule has 0 saturated carbocycles. The molecular formula is C23H29N3O4S. The highest BCUT2D eigenvalue weighted by Gasteiger charge is 2.11. The number of rotatable bonds is 10. The van der Waals surface area contributed by atoms with Crippen LogP contribution in [-0.4, -0.2) is 42.8 Å². The number of hydrogen-bond acceptors (Lipinski definition) is 5. The van der Waals surface area contributed by atoms with Crippen LogP contribution in [0.15, 0.2) is 48.5 Å². The Morgan fingerprint density at radius 3 is 2.42 bits per heavy atom. The SMILES string of the molecule is CCOCCOc1ccc(C(=O)NC(=S)Nc2cccc(C(=O)NC(C)CC)c2)cc1. The lowest BCUT2D eigenvalue weighted by molar-refractivity contribution is 0.0937. The summed E-state index contributed by atoms with van der Waals surface area (Å²) in [6, 6.07) is 13.8. The first-order chi connectivity index (χ1) is 14.9. The zero-order chi connectivity index (χ0) is 22.6. The Kier molecular flexibility index (Phi) is 9.93. The van der Waals surface area contributed by atoms with Gasteiger partial charge in [-0.2, -0.15) is 0 Å². The predicted molar refractivity (Wildman–Crippen MR) is 126 cm³/mol. The molecule has 0 aliphatic carbocycles. The maximum atomic E-state index is 12.4. The van der Waals surface area contributed by atoms with Crippen molar-refractivity contribution < 1.29 is 19.1 Å². The number of anilines is 1. The Morgan fingerprint density at radius 1 is 1.00 bits per heavy atom. The third-order valence-electron chi connectivity index (χ3n) is 4.42. The minimum absolute atomic E-state index is 0.0888. The molecule has 0 radical (unpaired) electrons. The fourth-order valence-corrected chi connectivity index (χ4v) is 2.76. The fraction of sp³-hybridized carbons (Fsp3) is 0.348. The number of ether oxygens (including phenoxy) is 2. The van der Waals surface area contributed by atoms with E-state index < -0.39 is 0 Å². The van der Waals surface area contributed by atoms with Gasteiger partial charge in [0.15, 0.2) is 5.11 Å². The molecule has 8 heteroatoms. The van der Waals surface area contributed by atoms with Crippen molar-refractivity contribution in [2.45, 2.75) is 33.2 Å². The maximum Gasteiger partial charge on any atom is 0.257 e. The van der Waals surface area contributed by atoms with Crippen LogP contribution in [0, 0.1) is 0 Å². The highest BCUT2D eigenvalue weighted by Crippen LogP contribution is 2.13. The molecule has 7 nitrogen and oxygen atoms in total. The lowest BCUT2D eigenvalue weighted by Crippen LogP contribution is -2.34. The standard InChI is InChI=1S/C23H29N3O4S/c1-4-16(3)24-22(28)18-7-6-8-19(15-18)25-23(31)26-21(27)17-9-11-20(12-10-17)30-14-13-29-5-2/h6-12,15-16H,4-5,13-14H2,1-3H3,(H,24,28)(H2,25,26,27,31). The Morgan fingerprint density at radius 2 is 1.74 bits per heavy atom. The number of hydrogen-bond donors (Lipinski definition) is 3. The highest BCUT2D eigenvalue weighted by molar-refractivity contribution is 7.80. The van der Waals surface area contributed by atoms with E-state index in [1.165, 1.54) is 0 Å². The molecular weight excluding hydrogens is 414 g/mol. The lowest BCUT2D eigenvalue weighted by atomic mass is 10.1. The van der Waals surface area contributed by atoms with E-state index in [4.69, 9.17) is 21.7 Å². The summed E-state index contributed by atoms with van der Waals surface area (Å²) in [4.78, 5) is 24.7. The van der Waals surface area contributed by atoms with Crippen LogP contribution in [0.5, 0.6) is 5.75 Å². The number of carbonyl (C=O) groups is 2. The molecule has 1 unspecified atom stereocenters. The van der Waals surface area contributed by atoms with E-state index in [-0.39, 0.29) is 23.0 Å². The number of carbonyl (C=O) groups excluding carboxylic acids is 2. The maximum absolute atomic E-state index is 12.4. The first-order valence-electron chi connectivity index (χ1n) is 10.3. The average molecular weight is 444 g/mol. The van der Waals surface area contributed by atoms with Crippen LogP contribution in [-0.2, 0) is 4.74 Å². The summed E-state index contributed by atoms with van der Waals surface area (Å²) < 4.78 is 10.8. The monoisotopic (exact) mass is 443 g/mol. The minimum Gasteiger partial charge on any atom is -0.491 e. The van der Waals surface area contributed by atoms with Crippen molar-refractivity contribution in [3.05, 3.63) is 59.7 Å². The van der Waals surface area contributed by atoms with E-state index in [1.807, 2.05) is 20.8 Å². The molecule has 2 amide bonds. The summed E-state index contributed by atoms with van der Waals surface area (Å²) in [5.74, 6) is 0.157. The molecule has 0 saturated heterocycles. The molecule has 2 aromatic rings. The van der Waals surface area contributed by atoms with Gasteiger partial charge in [0, 0.05) is 29.5 Å². The van der Waals surface area contributed by atoms with Crippen LogP contribution in [0.1, 0.15) is 47.9 Å². The first kappa shape index (κ1) is 24.3. The second-order valence-corrected chi connectivity index (χ2v) is 7.25. The van der Waals surface area contributed by atoms with Crippen molar-refractivity contribution in [2.75, 3.05) is 25.1 Å². The molecule has 0 bridgehead atoms. The normalized spacial score (nSPS) is 11.3. The average Bonchev–Trinajstić information content (AvgIpc) is 2.77. The Hall–Kier alpha value is -2.97. The molecule has 2 aromatic carbocycles. The predicted octanol–water partition coefficient (Wildman–Crippen LogP) is 3.76.